The van der Waals surface area contributed by atoms with E-state index in [4.69, 9.17) is 0 Å². The summed E-state index contributed by atoms with van der Waals surface area (Å²) in [5, 5.41) is 23.0. The van der Waals surface area contributed by atoms with Gasteiger partial charge in [-0.15, -0.1) is 10.2 Å². The third-order valence-corrected chi connectivity index (χ3v) is 7.09. The lowest BCUT2D eigenvalue weighted by molar-refractivity contribution is -0.113. The molecule has 0 unspecified atom stereocenters. The molecule has 2 aromatic heterocycles. The van der Waals surface area contributed by atoms with Crippen molar-refractivity contribution >= 4 is 60.3 Å². The summed E-state index contributed by atoms with van der Waals surface area (Å²) >= 11 is 6.14. The molecule has 33 heavy (non-hydrogen) atoms. The van der Waals surface area contributed by atoms with Crippen molar-refractivity contribution in [3.05, 3.63) is 77.3 Å². The average Bonchev–Trinajstić information content (AvgIpc) is 3.43. The molecule has 5 aromatic rings. The van der Waals surface area contributed by atoms with E-state index in [1.807, 2.05) is 59.2 Å². The highest BCUT2D eigenvalue weighted by Crippen LogP contribution is 2.34. The molecule has 0 saturated carbocycles. The molecule has 0 aliphatic heterocycles. The van der Waals surface area contributed by atoms with Gasteiger partial charge in [-0.2, -0.15) is 0 Å². The number of phenolic OH excluding ortho intramolecular Hbond substituents is 1. The summed E-state index contributed by atoms with van der Waals surface area (Å²) in [6.45, 7) is 0. The van der Waals surface area contributed by atoms with Gasteiger partial charge < -0.3 is 10.4 Å². The Morgan fingerprint density at radius 1 is 1.06 bits per heavy atom. The van der Waals surface area contributed by atoms with Crippen molar-refractivity contribution in [3.63, 3.8) is 0 Å². The van der Waals surface area contributed by atoms with Gasteiger partial charge in [0.05, 0.1) is 21.5 Å². The highest BCUT2D eigenvalue weighted by atomic mass is 79.9. The Labute approximate surface area is 205 Å². The zero-order valence-corrected chi connectivity index (χ0v) is 20.2. The average molecular weight is 538 g/mol. The normalized spacial score (nSPS) is 11.1. The van der Waals surface area contributed by atoms with Gasteiger partial charge in [-0.1, -0.05) is 69.4 Å². The zero-order chi connectivity index (χ0) is 22.8. The molecule has 2 heterocycles. The van der Waals surface area contributed by atoms with E-state index < -0.39 is 0 Å². The predicted octanol–water partition coefficient (Wildman–Crippen LogP) is 5.74. The number of para-hydroxylation sites is 2. The third-order valence-electron chi connectivity index (χ3n) is 4.72. The maximum absolute atomic E-state index is 12.6. The second-order valence-electron chi connectivity index (χ2n) is 6.96. The summed E-state index contributed by atoms with van der Waals surface area (Å²) < 4.78 is 3.65. The first-order valence-electron chi connectivity index (χ1n) is 9.86. The smallest absolute Gasteiger partial charge is 0.236 e. The number of fused-ring (bicyclic) bond motifs is 1. The van der Waals surface area contributed by atoms with Crippen LogP contribution in [0.3, 0.4) is 0 Å². The fourth-order valence-electron chi connectivity index (χ4n) is 3.25. The number of halogens is 1. The molecule has 3 aromatic carbocycles. The van der Waals surface area contributed by atoms with Gasteiger partial charge in [0.2, 0.25) is 5.91 Å². The molecular weight excluding hydrogens is 522 g/mol. The van der Waals surface area contributed by atoms with Crippen molar-refractivity contribution in [1.29, 1.82) is 0 Å². The summed E-state index contributed by atoms with van der Waals surface area (Å²) in [5.74, 6) is 0.515. The van der Waals surface area contributed by atoms with Crippen molar-refractivity contribution in [1.82, 2.24) is 19.7 Å². The summed E-state index contributed by atoms with van der Waals surface area (Å²) in [7, 11) is 0. The number of anilines is 1. The minimum atomic E-state index is -0.187. The highest BCUT2D eigenvalue weighted by molar-refractivity contribution is 9.10. The zero-order valence-electron chi connectivity index (χ0n) is 17.0. The van der Waals surface area contributed by atoms with Crippen LogP contribution in [0.5, 0.6) is 5.75 Å². The lowest BCUT2D eigenvalue weighted by Gasteiger charge is -2.11. The second-order valence-corrected chi connectivity index (χ2v) is 9.85. The summed E-state index contributed by atoms with van der Waals surface area (Å²) in [6.07, 6.45) is 0. The maximum Gasteiger partial charge on any atom is 0.236 e. The van der Waals surface area contributed by atoms with Crippen LogP contribution in [0.15, 0.2) is 82.4 Å². The molecule has 164 valence electrons. The van der Waals surface area contributed by atoms with Crippen LogP contribution in [0.4, 0.5) is 5.13 Å². The van der Waals surface area contributed by atoms with E-state index in [1.165, 1.54) is 23.1 Å². The summed E-state index contributed by atoms with van der Waals surface area (Å²) in [5.41, 5.74) is 2.21. The number of rotatable bonds is 6. The quantitative estimate of drug-likeness (QED) is 0.268. The number of hydrogen-bond acceptors (Lipinski definition) is 7. The van der Waals surface area contributed by atoms with Crippen LogP contribution in [-0.2, 0) is 4.79 Å². The first-order valence-corrected chi connectivity index (χ1v) is 12.5. The fourth-order valence-corrected chi connectivity index (χ4v) is 5.24. The lowest BCUT2D eigenvalue weighted by Crippen LogP contribution is -2.14. The fraction of sp³-hybridized carbons (Fsp3) is 0.0435. The van der Waals surface area contributed by atoms with Crippen molar-refractivity contribution in [2.45, 2.75) is 5.16 Å². The van der Waals surface area contributed by atoms with E-state index in [-0.39, 0.29) is 17.4 Å². The summed E-state index contributed by atoms with van der Waals surface area (Å²) in [4.78, 5) is 17.1. The van der Waals surface area contributed by atoms with Crippen molar-refractivity contribution in [2.24, 2.45) is 0 Å². The number of thioether (sulfide) groups is 1. The second kappa shape index (κ2) is 9.34. The Hall–Kier alpha value is -3.21. The number of carbonyl (C=O) groups excluding carboxylic acids is 1. The Morgan fingerprint density at radius 3 is 2.67 bits per heavy atom. The number of hydrogen-bond donors (Lipinski definition) is 2. The number of amides is 1. The van der Waals surface area contributed by atoms with Gasteiger partial charge in [0, 0.05) is 10.2 Å². The number of aromatic hydroxyl groups is 1. The van der Waals surface area contributed by atoms with Crippen LogP contribution in [-0.4, -0.2) is 36.5 Å². The van der Waals surface area contributed by atoms with Gasteiger partial charge in [-0.25, -0.2) is 4.98 Å². The molecular formula is C23H16BrN5O2S2. The van der Waals surface area contributed by atoms with E-state index in [1.54, 1.807) is 18.2 Å². The molecule has 0 atom stereocenters. The van der Waals surface area contributed by atoms with Crippen LogP contribution >= 0.6 is 39.0 Å². The number of carbonyl (C=O) groups is 1. The molecule has 0 fully saturated rings. The van der Waals surface area contributed by atoms with Crippen LogP contribution in [0, 0.1) is 0 Å². The molecule has 0 saturated heterocycles. The minimum absolute atomic E-state index is 0.0907. The number of phenols is 1. The Morgan fingerprint density at radius 2 is 1.85 bits per heavy atom. The molecule has 0 spiro atoms. The number of thiazole rings is 1. The maximum atomic E-state index is 12.6. The molecule has 0 aliphatic carbocycles. The van der Waals surface area contributed by atoms with Crippen molar-refractivity contribution < 1.29 is 9.90 Å². The largest absolute Gasteiger partial charge is 0.507 e. The molecule has 5 rings (SSSR count). The molecule has 7 nitrogen and oxygen atoms in total. The SMILES string of the molecule is O=C(CSc1nnc(-c2cc(Br)ccc2O)n1-c1ccccc1)Nc1nc2ccccc2s1. The van der Waals surface area contributed by atoms with E-state index >= 15 is 0 Å². The number of benzene rings is 3. The first-order chi connectivity index (χ1) is 16.1. The Kier molecular flexibility index (Phi) is 6.12. The molecule has 1 amide bonds. The van der Waals surface area contributed by atoms with Gasteiger partial charge >= 0.3 is 0 Å². The first kappa shape index (κ1) is 21.6. The minimum Gasteiger partial charge on any atom is -0.507 e. The van der Waals surface area contributed by atoms with Crippen LogP contribution < -0.4 is 5.32 Å². The Balaban J connectivity index is 1.41. The standard InChI is InChI=1S/C23H16BrN5O2S2/c24-14-10-11-18(30)16(12-14)21-27-28-23(29(21)15-6-2-1-3-7-15)32-13-20(31)26-22-25-17-8-4-5-9-19(17)33-22/h1-12,30H,13H2,(H,25,26,31). The van der Waals surface area contributed by atoms with Gasteiger partial charge in [0.15, 0.2) is 16.1 Å². The van der Waals surface area contributed by atoms with Crippen molar-refractivity contribution in [3.8, 4) is 22.8 Å². The molecule has 0 radical (unpaired) electrons. The molecule has 0 bridgehead atoms. The molecule has 10 heteroatoms. The van der Waals surface area contributed by atoms with Crippen LogP contribution in [0.1, 0.15) is 0 Å². The van der Waals surface area contributed by atoms with E-state index in [9.17, 15) is 9.90 Å². The highest BCUT2D eigenvalue weighted by Gasteiger charge is 2.20. The molecule has 0 aliphatic rings. The van der Waals surface area contributed by atoms with Crippen molar-refractivity contribution in [2.75, 3.05) is 11.1 Å². The summed E-state index contributed by atoms with van der Waals surface area (Å²) in [6, 6.07) is 22.5. The monoisotopic (exact) mass is 537 g/mol. The lowest BCUT2D eigenvalue weighted by atomic mass is 10.2. The van der Waals surface area contributed by atoms with Gasteiger partial charge in [0.25, 0.3) is 0 Å². The number of aromatic nitrogens is 4. The van der Waals surface area contributed by atoms with Gasteiger partial charge in [0.1, 0.15) is 5.75 Å². The molecule has 2 N–H and O–H groups in total. The third kappa shape index (κ3) is 4.63. The predicted molar refractivity (Wildman–Crippen MR) is 135 cm³/mol. The number of nitrogens with one attached hydrogen (secondary N) is 1. The van der Waals surface area contributed by atoms with E-state index in [0.717, 1.165) is 20.4 Å². The van der Waals surface area contributed by atoms with E-state index in [0.29, 0.717) is 21.7 Å². The van der Waals surface area contributed by atoms with Gasteiger partial charge in [-0.05, 0) is 42.5 Å². The van der Waals surface area contributed by atoms with E-state index in [2.05, 4.69) is 36.4 Å². The topological polar surface area (TPSA) is 92.9 Å². The van der Waals surface area contributed by atoms with Crippen LogP contribution in [0.25, 0.3) is 27.3 Å². The number of nitrogens with zero attached hydrogens (tertiary/aromatic N) is 4. The van der Waals surface area contributed by atoms with Crippen LogP contribution in [0.2, 0.25) is 0 Å². The Bertz CT molecular complexity index is 1420. The van der Waals surface area contributed by atoms with Gasteiger partial charge in [-0.3, -0.25) is 9.36 Å².